The van der Waals surface area contributed by atoms with Gasteiger partial charge in [0.2, 0.25) is 0 Å². The zero-order valence-electron chi connectivity index (χ0n) is 9.61. The number of imidazole rings is 1. The van der Waals surface area contributed by atoms with E-state index in [9.17, 15) is 4.79 Å². The average molecular weight is 252 g/mol. The minimum Gasteiger partial charge on any atom is -0.304 e. The van der Waals surface area contributed by atoms with Crippen LogP contribution in [0.15, 0.2) is 23.0 Å². The van der Waals surface area contributed by atoms with Crippen molar-refractivity contribution in [2.45, 2.75) is 19.0 Å². The Morgan fingerprint density at radius 2 is 2.29 bits per heavy atom. The maximum atomic E-state index is 12.0. The molecular formula is C12H14ClN3O. The molecule has 2 heterocycles. The molecule has 5 heteroatoms. The number of H-pyrrole nitrogens is 1. The molecule has 1 atom stereocenters. The second-order valence-electron chi connectivity index (χ2n) is 4.54. The van der Waals surface area contributed by atoms with E-state index >= 15 is 0 Å². The minimum absolute atomic E-state index is 0.0770. The van der Waals surface area contributed by atoms with Crippen LogP contribution in [-0.2, 0) is 0 Å². The fourth-order valence-electron chi connectivity index (χ4n) is 2.63. The molecule has 1 unspecified atom stereocenters. The predicted molar refractivity (Wildman–Crippen MR) is 68.5 cm³/mol. The molecule has 0 amide bonds. The van der Waals surface area contributed by atoms with Gasteiger partial charge in [0.15, 0.2) is 0 Å². The maximum Gasteiger partial charge on any atom is 0.327 e. The molecule has 0 bridgehead atoms. The van der Waals surface area contributed by atoms with Gasteiger partial charge in [-0.1, -0.05) is 17.7 Å². The van der Waals surface area contributed by atoms with Crippen molar-refractivity contribution in [3.8, 4) is 0 Å². The molecule has 1 aliphatic heterocycles. The molecule has 17 heavy (non-hydrogen) atoms. The van der Waals surface area contributed by atoms with Crippen molar-refractivity contribution in [2.24, 2.45) is 0 Å². The molecule has 2 aromatic rings. The Hall–Kier alpha value is -1.26. The van der Waals surface area contributed by atoms with Crippen LogP contribution in [0.25, 0.3) is 11.0 Å². The Bertz CT molecular complexity index is 616. The van der Waals surface area contributed by atoms with Crippen molar-refractivity contribution in [1.82, 2.24) is 14.5 Å². The minimum atomic E-state index is -0.0770. The van der Waals surface area contributed by atoms with Gasteiger partial charge >= 0.3 is 5.69 Å². The number of likely N-dealkylation sites (tertiary alicyclic amines) is 1. The summed E-state index contributed by atoms with van der Waals surface area (Å²) in [6.07, 6.45) is 2.28. The number of hydrogen-bond acceptors (Lipinski definition) is 2. The van der Waals surface area contributed by atoms with Crippen molar-refractivity contribution in [3.63, 3.8) is 0 Å². The molecule has 4 nitrogen and oxygen atoms in total. The third kappa shape index (κ3) is 1.59. The van der Waals surface area contributed by atoms with Gasteiger partial charge in [-0.2, -0.15) is 0 Å². The first-order valence-electron chi connectivity index (χ1n) is 5.77. The average Bonchev–Trinajstić information content (AvgIpc) is 2.83. The van der Waals surface area contributed by atoms with Crippen LogP contribution < -0.4 is 5.69 Å². The second kappa shape index (κ2) is 3.89. The van der Waals surface area contributed by atoms with Gasteiger partial charge in [-0.3, -0.25) is 9.47 Å². The molecule has 0 radical (unpaired) electrons. The maximum absolute atomic E-state index is 12.0. The summed E-state index contributed by atoms with van der Waals surface area (Å²) in [5.74, 6) is 0. The molecule has 0 aliphatic carbocycles. The smallest absolute Gasteiger partial charge is 0.304 e. The van der Waals surface area contributed by atoms with E-state index < -0.39 is 0 Å². The lowest BCUT2D eigenvalue weighted by molar-refractivity contribution is 0.238. The Morgan fingerprint density at radius 1 is 1.47 bits per heavy atom. The van der Waals surface area contributed by atoms with Gasteiger partial charge in [0.25, 0.3) is 0 Å². The summed E-state index contributed by atoms with van der Waals surface area (Å²) >= 11 is 6.09. The van der Waals surface area contributed by atoms with Gasteiger partial charge in [0.05, 0.1) is 22.2 Å². The molecule has 90 valence electrons. The topological polar surface area (TPSA) is 41.0 Å². The number of nitrogens with zero attached hydrogens (tertiary/aromatic N) is 2. The lowest BCUT2D eigenvalue weighted by atomic mass is 10.3. The van der Waals surface area contributed by atoms with E-state index in [0.29, 0.717) is 5.02 Å². The van der Waals surface area contributed by atoms with E-state index in [2.05, 4.69) is 9.88 Å². The van der Waals surface area contributed by atoms with Gasteiger partial charge in [0, 0.05) is 0 Å². The number of aromatic amines is 1. The van der Waals surface area contributed by atoms with Crippen molar-refractivity contribution < 1.29 is 0 Å². The molecule has 0 spiro atoms. The summed E-state index contributed by atoms with van der Waals surface area (Å²) in [7, 11) is 2.05. The molecule has 1 aromatic carbocycles. The van der Waals surface area contributed by atoms with E-state index in [1.807, 2.05) is 23.7 Å². The number of nitrogens with one attached hydrogen (secondary N) is 1. The summed E-state index contributed by atoms with van der Waals surface area (Å²) in [4.78, 5) is 17.1. The standard InChI is InChI=1S/C12H14ClN3O/c1-15-7-3-6-10(15)16-9-5-2-4-8(13)11(9)14-12(16)17/h2,4-5,10H,3,6-7H2,1H3,(H,14,17). The molecule has 1 aliphatic rings. The fourth-order valence-corrected chi connectivity index (χ4v) is 2.85. The highest BCUT2D eigenvalue weighted by Gasteiger charge is 2.25. The highest BCUT2D eigenvalue weighted by atomic mass is 35.5. The Balaban J connectivity index is 2.25. The zero-order valence-corrected chi connectivity index (χ0v) is 10.4. The molecular weight excluding hydrogens is 238 g/mol. The van der Waals surface area contributed by atoms with Crippen LogP contribution in [0.2, 0.25) is 5.02 Å². The molecule has 1 N–H and O–H groups in total. The quantitative estimate of drug-likeness (QED) is 0.844. The van der Waals surface area contributed by atoms with Gasteiger partial charge in [0.1, 0.15) is 0 Å². The van der Waals surface area contributed by atoms with Gasteiger partial charge in [-0.05, 0) is 38.6 Å². The Morgan fingerprint density at radius 3 is 3.00 bits per heavy atom. The number of aromatic nitrogens is 2. The summed E-state index contributed by atoms with van der Waals surface area (Å²) in [5, 5.41) is 0.596. The van der Waals surface area contributed by atoms with Crippen LogP contribution in [0.4, 0.5) is 0 Å². The Kier molecular flexibility index (Phi) is 2.49. The van der Waals surface area contributed by atoms with E-state index in [-0.39, 0.29) is 11.9 Å². The SMILES string of the molecule is CN1CCCC1n1c(=O)[nH]c2c(Cl)cccc21. The Labute approximate surface area is 104 Å². The third-order valence-corrected chi connectivity index (χ3v) is 3.80. The molecule has 1 fully saturated rings. The van der Waals surface area contributed by atoms with E-state index in [4.69, 9.17) is 11.6 Å². The summed E-state index contributed by atoms with van der Waals surface area (Å²) in [5.41, 5.74) is 1.55. The van der Waals surface area contributed by atoms with Crippen LogP contribution in [-0.4, -0.2) is 28.0 Å². The number of hydrogen-bond donors (Lipinski definition) is 1. The first kappa shape index (κ1) is 10.9. The largest absolute Gasteiger partial charge is 0.327 e. The number of para-hydroxylation sites is 1. The van der Waals surface area contributed by atoms with E-state index in [1.54, 1.807) is 6.07 Å². The van der Waals surface area contributed by atoms with Gasteiger partial charge in [-0.25, -0.2) is 4.79 Å². The number of benzene rings is 1. The van der Waals surface area contributed by atoms with Crippen molar-refractivity contribution in [2.75, 3.05) is 13.6 Å². The van der Waals surface area contributed by atoms with Gasteiger partial charge < -0.3 is 4.98 Å². The molecule has 0 saturated carbocycles. The lowest BCUT2D eigenvalue weighted by Gasteiger charge is -2.20. The van der Waals surface area contributed by atoms with Crippen LogP contribution in [0.3, 0.4) is 0 Å². The summed E-state index contributed by atoms with van der Waals surface area (Å²) < 4.78 is 1.81. The van der Waals surface area contributed by atoms with Crippen LogP contribution >= 0.6 is 11.6 Å². The molecule has 1 aromatic heterocycles. The number of rotatable bonds is 1. The summed E-state index contributed by atoms with van der Waals surface area (Å²) in [6, 6.07) is 5.61. The highest BCUT2D eigenvalue weighted by Crippen LogP contribution is 2.28. The van der Waals surface area contributed by atoms with E-state index in [0.717, 1.165) is 30.4 Å². The van der Waals surface area contributed by atoms with Gasteiger partial charge in [-0.15, -0.1) is 0 Å². The second-order valence-corrected chi connectivity index (χ2v) is 4.94. The van der Waals surface area contributed by atoms with Crippen molar-refractivity contribution >= 4 is 22.6 Å². The third-order valence-electron chi connectivity index (χ3n) is 3.48. The van der Waals surface area contributed by atoms with Crippen LogP contribution in [0.1, 0.15) is 19.0 Å². The predicted octanol–water partition coefficient (Wildman–Crippen LogP) is 2.21. The highest BCUT2D eigenvalue weighted by molar-refractivity contribution is 6.34. The molecule has 3 rings (SSSR count). The van der Waals surface area contributed by atoms with E-state index in [1.165, 1.54) is 0 Å². The monoisotopic (exact) mass is 251 g/mol. The normalized spacial score (nSPS) is 21.4. The van der Waals surface area contributed by atoms with Crippen LogP contribution in [0.5, 0.6) is 0 Å². The fraction of sp³-hybridized carbons (Fsp3) is 0.417. The zero-order chi connectivity index (χ0) is 12.0. The summed E-state index contributed by atoms with van der Waals surface area (Å²) in [6.45, 7) is 1.03. The molecule has 1 saturated heterocycles. The lowest BCUT2D eigenvalue weighted by Crippen LogP contribution is -2.30. The van der Waals surface area contributed by atoms with Crippen molar-refractivity contribution in [1.29, 1.82) is 0 Å². The number of halogens is 1. The van der Waals surface area contributed by atoms with Crippen molar-refractivity contribution in [3.05, 3.63) is 33.7 Å². The number of fused-ring (bicyclic) bond motifs is 1. The first-order chi connectivity index (χ1) is 8.18. The van der Waals surface area contributed by atoms with Crippen LogP contribution in [0, 0.1) is 0 Å². The first-order valence-corrected chi connectivity index (χ1v) is 6.15.